The molecule has 0 saturated heterocycles. The van der Waals surface area contributed by atoms with Crippen LogP contribution in [0, 0.1) is 0 Å². The number of nitrogens with zero attached hydrogens (tertiary/aromatic N) is 2. The Hall–Kier alpha value is -0.570. The van der Waals surface area contributed by atoms with Crippen molar-refractivity contribution >= 4 is 11.6 Å². The first-order valence-corrected chi connectivity index (χ1v) is 5.32. The number of hydrogen-bond acceptors (Lipinski definition) is 3. The summed E-state index contributed by atoms with van der Waals surface area (Å²) >= 11 is 5.57. The van der Waals surface area contributed by atoms with Crippen LogP contribution in [0.3, 0.4) is 0 Å². The van der Waals surface area contributed by atoms with Crippen molar-refractivity contribution in [3.8, 4) is 0 Å². The third-order valence-corrected chi connectivity index (χ3v) is 2.75. The van der Waals surface area contributed by atoms with E-state index in [4.69, 9.17) is 16.1 Å². The van der Waals surface area contributed by atoms with Gasteiger partial charge in [-0.3, -0.25) is 0 Å². The number of hydrogen-bond donors (Lipinski definition) is 0. The third kappa shape index (κ3) is 2.02. The van der Waals surface area contributed by atoms with Crippen LogP contribution >= 0.6 is 11.6 Å². The van der Waals surface area contributed by atoms with Crippen LogP contribution in [0.25, 0.3) is 0 Å². The van der Waals surface area contributed by atoms with Gasteiger partial charge in [0.1, 0.15) is 0 Å². The van der Waals surface area contributed by atoms with Crippen molar-refractivity contribution in [1.82, 2.24) is 10.1 Å². The second-order valence-electron chi connectivity index (χ2n) is 3.47. The molecule has 1 fully saturated rings. The molecule has 72 valence electrons. The Morgan fingerprint density at radius 1 is 1.46 bits per heavy atom. The number of halogens is 1. The maximum Gasteiger partial charge on any atom is 0.226 e. The van der Waals surface area contributed by atoms with Gasteiger partial charge in [-0.1, -0.05) is 11.6 Å². The molecule has 1 aliphatic rings. The summed E-state index contributed by atoms with van der Waals surface area (Å²) in [4.78, 5) is 4.33. The minimum Gasteiger partial charge on any atom is -0.339 e. The number of alkyl halides is 1. The van der Waals surface area contributed by atoms with Gasteiger partial charge in [0.15, 0.2) is 5.82 Å². The molecule has 0 bridgehead atoms. The molecule has 2 rings (SSSR count). The molecule has 0 aromatic carbocycles. The lowest BCUT2D eigenvalue weighted by Gasteiger charge is -2.20. The van der Waals surface area contributed by atoms with E-state index >= 15 is 0 Å². The molecule has 1 aromatic rings. The van der Waals surface area contributed by atoms with Gasteiger partial charge in [-0.2, -0.15) is 4.98 Å². The predicted molar refractivity (Wildman–Crippen MR) is 49.9 cm³/mol. The van der Waals surface area contributed by atoms with Gasteiger partial charge in [0.2, 0.25) is 5.89 Å². The van der Waals surface area contributed by atoms with Crippen LogP contribution < -0.4 is 0 Å². The molecular weight excluding hydrogens is 188 g/mol. The van der Waals surface area contributed by atoms with Gasteiger partial charge < -0.3 is 4.52 Å². The van der Waals surface area contributed by atoms with Crippen LogP contribution in [0.4, 0.5) is 0 Å². The van der Waals surface area contributed by atoms with Gasteiger partial charge in [-0.25, -0.2) is 0 Å². The van der Waals surface area contributed by atoms with Crippen LogP contribution in [-0.4, -0.2) is 16.0 Å². The largest absolute Gasteiger partial charge is 0.339 e. The molecular formula is C9H13ClN2O. The number of rotatable bonds is 4. The normalized spacial score (nSPS) is 17.3. The first-order chi connectivity index (χ1) is 6.40. The van der Waals surface area contributed by atoms with Crippen molar-refractivity contribution in [2.24, 2.45) is 0 Å². The van der Waals surface area contributed by atoms with Gasteiger partial charge in [-0.05, 0) is 19.3 Å². The molecule has 0 aliphatic heterocycles. The zero-order valence-corrected chi connectivity index (χ0v) is 8.26. The van der Waals surface area contributed by atoms with Crippen LogP contribution in [0.15, 0.2) is 4.52 Å². The van der Waals surface area contributed by atoms with Crippen LogP contribution in [0.1, 0.15) is 43.3 Å². The summed E-state index contributed by atoms with van der Waals surface area (Å²) in [5.74, 6) is 2.85. The van der Waals surface area contributed by atoms with Crippen LogP contribution in [0.2, 0.25) is 0 Å². The average Bonchev–Trinajstić information content (AvgIpc) is 2.46. The molecule has 1 aromatic heterocycles. The highest BCUT2D eigenvalue weighted by atomic mass is 35.5. The fourth-order valence-corrected chi connectivity index (χ4v) is 1.55. The molecule has 1 saturated carbocycles. The van der Waals surface area contributed by atoms with E-state index in [0.717, 1.165) is 24.6 Å². The fourth-order valence-electron chi connectivity index (χ4n) is 1.42. The highest BCUT2D eigenvalue weighted by molar-refractivity contribution is 6.17. The molecule has 0 atom stereocenters. The second kappa shape index (κ2) is 4.09. The SMILES string of the molecule is ClCCCc1nc(C2CCC2)no1. The van der Waals surface area contributed by atoms with Crippen molar-refractivity contribution in [2.75, 3.05) is 5.88 Å². The predicted octanol–water partition coefficient (Wildman–Crippen LogP) is 2.51. The molecule has 13 heavy (non-hydrogen) atoms. The Bertz CT molecular complexity index is 270. The number of aromatic nitrogens is 2. The molecule has 0 unspecified atom stereocenters. The summed E-state index contributed by atoms with van der Waals surface area (Å²) in [6.07, 6.45) is 5.45. The standard InChI is InChI=1S/C9H13ClN2O/c10-6-2-5-8-11-9(12-13-8)7-3-1-4-7/h7H,1-6H2. The lowest BCUT2D eigenvalue weighted by atomic mass is 9.85. The number of aryl methyl sites for hydroxylation is 1. The lowest BCUT2D eigenvalue weighted by Crippen LogP contribution is -2.10. The van der Waals surface area contributed by atoms with Gasteiger partial charge in [0.25, 0.3) is 0 Å². The lowest BCUT2D eigenvalue weighted by molar-refractivity contribution is 0.347. The first-order valence-electron chi connectivity index (χ1n) is 4.78. The summed E-state index contributed by atoms with van der Waals surface area (Å²) in [6, 6.07) is 0. The van der Waals surface area contributed by atoms with Gasteiger partial charge in [-0.15, -0.1) is 11.6 Å². The monoisotopic (exact) mass is 200 g/mol. The molecule has 1 heterocycles. The molecule has 0 amide bonds. The van der Waals surface area contributed by atoms with Gasteiger partial charge in [0, 0.05) is 18.2 Å². The first kappa shape index (κ1) is 9.00. The Morgan fingerprint density at radius 2 is 2.31 bits per heavy atom. The summed E-state index contributed by atoms with van der Waals surface area (Å²) in [7, 11) is 0. The molecule has 3 nitrogen and oxygen atoms in total. The zero-order chi connectivity index (χ0) is 9.10. The van der Waals surface area contributed by atoms with E-state index in [2.05, 4.69) is 10.1 Å². The third-order valence-electron chi connectivity index (χ3n) is 2.48. The smallest absolute Gasteiger partial charge is 0.226 e. The van der Waals surface area contributed by atoms with E-state index < -0.39 is 0 Å². The minimum atomic E-state index is 0.563. The maximum absolute atomic E-state index is 5.57. The Kier molecular flexibility index (Phi) is 2.83. The van der Waals surface area contributed by atoms with E-state index in [0.29, 0.717) is 11.8 Å². The van der Waals surface area contributed by atoms with Gasteiger partial charge in [0.05, 0.1) is 0 Å². The summed E-state index contributed by atoms with van der Waals surface area (Å²) in [5.41, 5.74) is 0. The highest BCUT2D eigenvalue weighted by Gasteiger charge is 2.24. The summed E-state index contributed by atoms with van der Waals surface area (Å²) in [5, 5.41) is 3.96. The Balaban J connectivity index is 1.92. The summed E-state index contributed by atoms with van der Waals surface area (Å²) < 4.78 is 5.10. The van der Waals surface area contributed by atoms with E-state index in [1.165, 1.54) is 19.3 Å². The van der Waals surface area contributed by atoms with Crippen LogP contribution in [0.5, 0.6) is 0 Å². The minimum absolute atomic E-state index is 0.563. The van der Waals surface area contributed by atoms with E-state index in [-0.39, 0.29) is 0 Å². The van der Waals surface area contributed by atoms with Gasteiger partial charge >= 0.3 is 0 Å². The van der Waals surface area contributed by atoms with Crippen molar-refractivity contribution < 1.29 is 4.52 Å². The molecule has 0 radical (unpaired) electrons. The molecule has 1 aliphatic carbocycles. The van der Waals surface area contributed by atoms with E-state index in [9.17, 15) is 0 Å². The van der Waals surface area contributed by atoms with Crippen molar-refractivity contribution in [3.63, 3.8) is 0 Å². The Morgan fingerprint density at radius 3 is 2.92 bits per heavy atom. The maximum atomic E-state index is 5.57. The molecule has 0 spiro atoms. The second-order valence-corrected chi connectivity index (χ2v) is 3.84. The quantitative estimate of drug-likeness (QED) is 0.702. The van der Waals surface area contributed by atoms with Crippen molar-refractivity contribution in [1.29, 1.82) is 0 Å². The van der Waals surface area contributed by atoms with Crippen molar-refractivity contribution in [2.45, 2.75) is 38.0 Å². The molecule has 0 N–H and O–H groups in total. The van der Waals surface area contributed by atoms with E-state index in [1.807, 2.05) is 0 Å². The topological polar surface area (TPSA) is 38.9 Å². The van der Waals surface area contributed by atoms with E-state index in [1.54, 1.807) is 0 Å². The van der Waals surface area contributed by atoms with Crippen LogP contribution in [-0.2, 0) is 6.42 Å². The average molecular weight is 201 g/mol. The molecule has 4 heteroatoms. The summed E-state index contributed by atoms with van der Waals surface area (Å²) in [6.45, 7) is 0. The fraction of sp³-hybridized carbons (Fsp3) is 0.778. The zero-order valence-electron chi connectivity index (χ0n) is 7.50. The van der Waals surface area contributed by atoms with Crippen molar-refractivity contribution in [3.05, 3.63) is 11.7 Å². The highest BCUT2D eigenvalue weighted by Crippen LogP contribution is 2.34. The Labute approximate surface area is 82.5 Å².